The Morgan fingerprint density at radius 2 is 2.29 bits per heavy atom. The average molecular weight is 255 g/mol. The highest BCUT2D eigenvalue weighted by molar-refractivity contribution is 7.98. The number of carbonyl (C=O) groups is 1. The second-order valence-electron chi connectivity index (χ2n) is 3.85. The maximum Gasteiger partial charge on any atom is 0.354 e. The maximum absolute atomic E-state index is 10.8. The molecular formula is C11H17N3O2S. The topological polar surface area (TPSA) is 75.1 Å². The summed E-state index contributed by atoms with van der Waals surface area (Å²) in [6.45, 7) is 3.79. The van der Waals surface area contributed by atoms with Crippen LogP contribution in [0.25, 0.3) is 0 Å². The first-order valence-corrected chi connectivity index (χ1v) is 6.76. The van der Waals surface area contributed by atoms with Crippen LogP contribution in [0.15, 0.2) is 6.07 Å². The van der Waals surface area contributed by atoms with Gasteiger partial charge in [-0.1, -0.05) is 0 Å². The molecule has 0 fully saturated rings. The molecule has 6 heteroatoms. The molecule has 0 aliphatic carbocycles. The summed E-state index contributed by atoms with van der Waals surface area (Å²) in [7, 11) is 0. The van der Waals surface area contributed by atoms with Gasteiger partial charge in [0.1, 0.15) is 0 Å². The van der Waals surface area contributed by atoms with Crippen molar-refractivity contribution in [2.24, 2.45) is 0 Å². The lowest BCUT2D eigenvalue weighted by Gasteiger charge is -2.13. The predicted octanol–water partition coefficient (Wildman–Crippen LogP) is 2.04. The van der Waals surface area contributed by atoms with Crippen molar-refractivity contribution in [3.63, 3.8) is 0 Å². The van der Waals surface area contributed by atoms with Crippen molar-refractivity contribution in [3.05, 3.63) is 17.5 Å². The van der Waals surface area contributed by atoms with Gasteiger partial charge in [0.05, 0.1) is 0 Å². The van der Waals surface area contributed by atoms with Gasteiger partial charge in [-0.15, -0.1) is 0 Å². The standard InChI is InChI=1S/C11H17N3O2S/c1-7(4-5-17-3)12-11-13-8(2)6-9(14-11)10(15)16/h6-7H,4-5H2,1-3H3,(H,15,16)(H,12,13,14). The molecule has 1 aromatic rings. The van der Waals surface area contributed by atoms with Gasteiger partial charge in [0.25, 0.3) is 0 Å². The molecule has 0 radical (unpaired) electrons. The van der Waals surface area contributed by atoms with Crippen LogP contribution in [0, 0.1) is 6.92 Å². The highest BCUT2D eigenvalue weighted by Crippen LogP contribution is 2.09. The van der Waals surface area contributed by atoms with E-state index >= 15 is 0 Å². The van der Waals surface area contributed by atoms with E-state index in [1.807, 2.05) is 6.92 Å². The summed E-state index contributed by atoms with van der Waals surface area (Å²) in [5.41, 5.74) is 0.675. The number of carboxylic acid groups (broad SMARTS) is 1. The van der Waals surface area contributed by atoms with E-state index in [1.54, 1.807) is 18.7 Å². The smallest absolute Gasteiger partial charge is 0.354 e. The number of hydrogen-bond acceptors (Lipinski definition) is 5. The highest BCUT2D eigenvalue weighted by Gasteiger charge is 2.10. The van der Waals surface area contributed by atoms with Gasteiger partial charge in [0.2, 0.25) is 5.95 Å². The molecule has 1 heterocycles. The Hall–Kier alpha value is -1.30. The third-order valence-corrected chi connectivity index (χ3v) is 2.85. The van der Waals surface area contributed by atoms with E-state index in [2.05, 4.69) is 21.5 Å². The summed E-state index contributed by atoms with van der Waals surface area (Å²) in [5.74, 6) is 0.400. The largest absolute Gasteiger partial charge is 0.477 e. The lowest BCUT2D eigenvalue weighted by Crippen LogP contribution is -2.19. The molecule has 94 valence electrons. The van der Waals surface area contributed by atoms with Crippen LogP contribution in [0.1, 0.15) is 29.5 Å². The summed E-state index contributed by atoms with van der Waals surface area (Å²) in [4.78, 5) is 19.0. The Kier molecular flexibility index (Phi) is 5.21. The van der Waals surface area contributed by atoms with Gasteiger partial charge in [-0.2, -0.15) is 11.8 Å². The number of nitrogens with zero attached hydrogens (tertiary/aromatic N) is 2. The Balaban J connectivity index is 2.73. The monoisotopic (exact) mass is 255 g/mol. The van der Waals surface area contributed by atoms with E-state index < -0.39 is 5.97 Å². The molecule has 0 aromatic carbocycles. The van der Waals surface area contributed by atoms with Gasteiger partial charge in [0.15, 0.2) is 5.69 Å². The fourth-order valence-corrected chi connectivity index (χ4v) is 1.92. The number of rotatable bonds is 6. The predicted molar refractivity (Wildman–Crippen MR) is 69.8 cm³/mol. The van der Waals surface area contributed by atoms with Crippen molar-refractivity contribution in [2.45, 2.75) is 26.3 Å². The fourth-order valence-electron chi connectivity index (χ4n) is 1.33. The van der Waals surface area contributed by atoms with E-state index in [0.29, 0.717) is 11.6 Å². The molecule has 0 saturated carbocycles. The second-order valence-corrected chi connectivity index (χ2v) is 4.84. The first-order chi connectivity index (χ1) is 8.02. The van der Waals surface area contributed by atoms with Crippen LogP contribution in [0.3, 0.4) is 0 Å². The van der Waals surface area contributed by atoms with E-state index in [4.69, 9.17) is 5.11 Å². The van der Waals surface area contributed by atoms with Gasteiger partial charge in [-0.3, -0.25) is 0 Å². The van der Waals surface area contributed by atoms with Crippen LogP contribution < -0.4 is 5.32 Å². The summed E-state index contributed by atoms with van der Waals surface area (Å²) in [6, 6.07) is 1.69. The van der Waals surface area contributed by atoms with Crippen molar-refractivity contribution < 1.29 is 9.90 Å². The van der Waals surface area contributed by atoms with Gasteiger partial charge >= 0.3 is 5.97 Å². The number of thioether (sulfide) groups is 1. The van der Waals surface area contributed by atoms with Crippen LogP contribution >= 0.6 is 11.8 Å². The quantitative estimate of drug-likeness (QED) is 0.810. The third-order valence-electron chi connectivity index (χ3n) is 2.20. The van der Waals surface area contributed by atoms with E-state index in [0.717, 1.165) is 12.2 Å². The number of hydrogen-bond donors (Lipinski definition) is 2. The molecule has 1 unspecified atom stereocenters. The van der Waals surface area contributed by atoms with Gasteiger partial charge in [0, 0.05) is 11.7 Å². The van der Waals surface area contributed by atoms with E-state index in [-0.39, 0.29) is 11.7 Å². The number of aryl methyl sites for hydroxylation is 1. The third kappa shape index (κ3) is 4.60. The Morgan fingerprint density at radius 3 is 2.88 bits per heavy atom. The maximum atomic E-state index is 10.8. The average Bonchev–Trinajstić information content (AvgIpc) is 2.25. The molecule has 1 aromatic heterocycles. The minimum atomic E-state index is -1.03. The molecule has 2 N–H and O–H groups in total. The Morgan fingerprint density at radius 1 is 1.59 bits per heavy atom. The number of nitrogens with one attached hydrogen (secondary N) is 1. The van der Waals surface area contributed by atoms with Crippen molar-refractivity contribution in [2.75, 3.05) is 17.3 Å². The fraction of sp³-hybridized carbons (Fsp3) is 0.545. The lowest BCUT2D eigenvalue weighted by molar-refractivity contribution is 0.0690. The molecule has 1 atom stereocenters. The highest BCUT2D eigenvalue weighted by atomic mass is 32.2. The summed E-state index contributed by atoms with van der Waals surface area (Å²) in [6.07, 6.45) is 3.04. The summed E-state index contributed by atoms with van der Waals surface area (Å²) in [5, 5.41) is 12.0. The zero-order valence-electron chi connectivity index (χ0n) is 10.2. The molecular weight excluding hydrogens is 238 g/mol. The van der Waals surface area contributed by atoms with Crippen LogP contribution in [-0.4, -0.2) is 39.1 Å². The van der Waals surface area contributed by atoms with Gasteiger partial charge in [-0.25, -0.2) is 14.8 Å². The summed E-state index contributed by atoms with van der Waals surface area (Å²) >= 11 is 1.78. The molecule has 1 rings (SSSR count). The summed E-state index contributed by atoms with van der Waals surface area (Å²) < 4.78 is 0. The van der Waals surface area contributed by atoms with Crippen molar-refractivity contribution >= 4 is 23.7 Å². The van der Waals surface area contributed by atoms with Crippen LogP contribution in [0.5, 0.6) is 0 Å². The lowest BCUT2D eigenvalue weighted by atomic mass is 10.2. The Bertz CT molecular complexity index is 398. The molecule has 0 saturated heterocycles. The van der Waals surface area contributed by atoms with Gasteiger partial charge in [-0.05, 0) is 38.3 Å². The SMILES string of the molecule is CSCCC(C)Nc1nc(C)cc(C(=O)O)n1. The second kappa shape index (κ2) is 6.44. The molecule has 0 bridgehead atoms. The molecule has 0 spiro atoms. The number of aromatic carboxylic acids is 1. The number of anilines is 1. The number of aromatic nitrogens is 2. The Labute approximate surface area is 105 Å². The molecule has 0 amide bonds. The molecule has 0 aliphatic rings. The molecule has 5 nitrogen and oxygen atoms in total. The van der Waals surface area contributed by atoms with Crippen molar-refractivity contribution in [3.8, 4) is 0 Å². The van der Waals surface area contributed by atoms with Gasteiger partial charge < -0.3 is 10.4 Å². The van der Waals surface area contributed by atoms with E-state index in [9.17, 15) is 4.79 Å². The minimum absolute atomic E-state index is 0.0251. The molecule has 0 aliphatic heterocycles. The first kappa shape index (κ1) is 13.8. The zero-order chi connectivity index (χ0) is 12.8. The van der Waals surface area contributed by atoms with Crippen molar-refractivity contribution in [1.29, 1.82) is 0 Å². The van der Waals surface area contributed by atoms with Crippen molar-refractivity contribution in [1.82, 2.24) is 9.97 Å². The normalized spacial score (nSPS) is 12.2. The first-order valence-electron chi connectivity index (χ1n) is 5.37. The molecule has 17 heavy (non-hydrogen) atoms. The van der Waals surface area contributed by atoms with Crippen LogP contribution in [0.4, 0.5) is 5.95 Å². The minimum Gasteiger partial charge on any atom is -0.477 e. The zero-order valence-corrected chi connectivity index (χ0v) is 11.0. The number of carboxylic acids is 1. The van der Waals surface area contributed by atoms with E-state index in [1.165, 1.54) is 6.07 Å². The van der Waals surface area contributed by atoms with Crippen LogP contribution in [0.2, 0.25) is 0 Å². The van der Waals surface area contributed by atoms with Crippen LogP contribution in [-0.2, 0) is 0 Å².